The number of hydrogen-bond acceptors (Lipinski definition) is 3. The largest absolute Gasteiger partial charge is 0.497 e. The SMILES string of the molecule is COc1cccc(C2CCCN2C(=O)CNC(=O)c2ccc(Br)cc2)c1. The van der Waals surface area contributed by atoms with E-state index in [9.17, 15) is 9.59 Å². The summed E-state index contributed by atoms with van der Waals surface area (Å²) in [5.41, 5.74) is 1.60. The Bertz CT molecular complexity index is 792. The summed E-state index contributed by atoms with van der Waals surface area (Å²) < 4.78 is 6.19. The van der Waals surface area contributed by atoms with E-state index in [0.29, 0.717) is 12.1 Å². The molecule has 0 radical (unpaired) electrons. The van der Waals surface area contributed by atoms with Gasteiger partial charge in [-0.25, -0.2) is 0 Å². The molecule has 26 heavy (non-hydrogen) atoms. The molecule has 1 heterocycles. The first kappa shape index (κ1) is 18.5. The van der Waals surface area contributed by atoms with E-state index in [2.05, 4.69) is 21.2 Å². The third-order valence-electron chi connectivity index (χ3n) is 4.56. The molecule has 6 heteroatoms. The van der Waals surface area contributed by atoms with Crippen LogP contribution in [-0.4, -0.2) is 36.9 Å². The number of carbonyl (C=O) groups is 2. The number of carbonyl (C=O) groups excluding carboxylic acids is 2. The van der Waals surface area contributed by atoms with Gasteiger partial charge in [-0.2, -0.15) is 0 Å². The zero-order valence-electron chi connectivity index (χ0n) is 14.6. The summed E-state index contributed by atoms with van der Waals surface area (Å²) in [7, 11) is 1.63. The van der Waals surface area contributed by atoms with E-state index in [1.807, 2.05) is 29.2 Å². The van der Waals surface area contributed by atoms with Crippen LogP contribution in [0.15, 0.2) is 53.0 Å². The average Bonchev–Trinajstić information content (AvgIpc) is 3.16. The fourth-order valence-corrected chi connectivity index (χ4v) is 3.49. The highest BCUT2D eigenvalue weighted by molar-refractivity contribution is 9.10. The molecule has 1 atom stereocenters. The number of nitrogens with one attached hydrogen (secondary N) is 1. The molecule has 2 aromatic carbocycles. The summed E-state index contributed by atoms with van der Waals surface area (Å²) in [6.45, 7) is 0.699. The summed E-state index contributed by atoms with van der Waals surface area (Å²) in [5, 5.41) is 2.72. The molecule has 0 saturated carbocycles. The number of nitrogens with zero attached hydrogens (tertiary/aromatic N) is 1. The minimum atomic E-state index is -0.247. The Morgan fingerprint density at radius 3 is 2.73 bits per heavy atom. The van der Waals surface area contributed by atoms with Crippen molar-refractivity contribution in [2.24, 2.45) is 0 Å². The zero-order chi connectivity index (χ0) is 18.5. The maximum atomic E-state index is 12.6. The van der Waals surface area contributed by atoms with Gasteiger partial charge in [-0.3, -0.25) is 9.59 Å². The van der Waals surface area contributed by atoms with Crippen molar-refractivity contribution in [2.75, 3.05) is 20.2 Å². The van der Waals surface area contributed by atoms with Crippen LogP contribution < -0.4 is 10.1 Å². The molecule has 5 nitrogen and oxygen atoms in total. The van der Waals surface area contributed by atoms with E-state index in [0.717, 1.165) is 28.6 Å². The van der Waals surface area contributed by atoms with Crippen molar-refractivity contribution in [3.63, 3.8) is 0 Å². The highest BCUT2D eigenvalue weighted by atomic mass is 79.9. The second-order valence-electron chi connectivity index (χ2n) is 6.21. The van der Waals surface area contributed by atoms with Gasteiger partial charge < -0.3 is 15.0 Å². The smallest absolute Gasteiger partial charge is 0.251 e. The highest BCUT2D eigenvalue weighted by Gasteiger charge is 2.30. The Labute approximate surface area is 161 Å². The van der Waals surface area contributed by atoms with Crippen LogP contribution >= 0.6 is 15.9 Å². The molecule has 1 N–H and O–H groups in total. The van der Waals surface area contributed by atoms with Crippen LogP contribution in [0.1, 0.15) is 34.8 Å². The Morgan fingerprint density at radius 2 is 2.00 bits per heavy atom. The fraction of sp³-hybridized carbons (Fsp3) is 0.300. The number of benzene rings is 2. The number of halogens is 1. The van der Waals surface area contributed by atoms with Gasteiger partial charge in [0.05, 0.1) is 19.7 Å². The summed E-state index contributed by atoms with van der Waals surface area (Å²) in [6.07, 6.45) is 1.87. The first-order valence-corrected chi connectivity index (χ1v) is 9.35. The monoisotopic (exact) mass is 416 g/mol. The van der Waals surface area contributed by atoms with E-state index < -0.39 is 0 Å². The molecule has 136 valence electrons. The van der Waals surface area contributed by atoms with E-state index in [4.69, 9.17) is 4.74 Å². The highest BCUT2D eigenvalue weighted by Crippen LogP contribution is 2.33. The minimum Gasteiger partial charge on any atom is -0.497 e. The zero-order valence-corrected chi connectivity index (χ0v) is 16.2. The summed E-state index contributed by atoms with van der Waals surface area (Å²) in [5.74, 6) is 0.467. The average molecular weight is 417 g/mol. The van der Waals surface area contributed by atoms with Crippen LogP contribution in [0.2, 0.25) is 0 Å². The van der Waals surface area contributed by atoms with Crippen LogP contribution in [0.3, 0.4) is 0 Å². The van der Waals surface area contributed by atoms with Gasteiger partial charge in [0.1, 0.15) is 5.75 Å². The van der Waals surface area contributed by atoms with E-state index in [1.165, 1.54) is 0 Å². The molecule has 3 rings (SSSR count). The van der Waals surface area contributed by atoms with E-state index in [1.54, 1.807) is 31.4 Å². The molecule has 1 aliphatic heterocycles. The molecule has 0 aromatic heterocycles. The fourth-order valence-electron chi connectivity index (χ4n) is 3.22. The third-order valence-corrected chi connectivity index (χ3v) is 5.09. The van der Waals surface area contributed by atoms with E-state index >= 15 is 0 Å². The van der Waals surface area contributed by atoms with Gasteiger partial charge in [0.25, 0.3) is 5.91 Å². The van der Waals surface area contributed by atoms with Crippen molar-refractivity contribution in [3.05, 3.63) is 64.1 Å². The van der Waals surface area contributed by atoms with Gasteiger partial charge in [0.2, 0.25) is 5.91 Å². The van der Waals surface area contributed by atoms with Crippen LogP contribution in [0.5, 0.6) is 5.75 Å². The predicted molar refractivity (Wildman–Crippen MR) is 103 cm³/mol. The summed E-state index contributed by atoms with van der Waals surface area (Å²) in [4.78, 5) is 26.7. The standard InChI is InChI=1S/C20H21BrN2O3/c1-26-17-5-2-4-15(12-17)18-6-3-11-23(18)19(24)13-22-20(25)14-7-9-16(21)10-8-14/h2,4-5,7-10,12,18H,3,6,11,13H2,1H3,(H,22,25). The van der Waals surface area contributed by atoms with Crippen molar-refractivity contribution >= 4 is 27.7 Å². The van der Waals surface area contributed by atoms with Gasteiger partial charge in [0, 0.05) is 16.6 Å². The topological polar surface area (TPSA) is 58.6 Å². The first-order valence-electron chi connectivity index (χ1n) is 8.55. The number of rotatable bonds is 5. The molecule has 1 saturated heterocycles. The lowest BCUT2D eigenvalue weighted by Crippen LogP contribution is -2.39. The molecule has 1 aliphatic rings. The lowest BCUT2D eigenvalue weighted by atomic mass is 10.0. The maximum absolute atomic E-state index is 12.6. The number of likely N-dealkylation sites (tertiary alicyclic amines) is 1. The third kappa shape index (κ3) is 4.25. The molecule has 0 bridgehead atoms. The molecule has 2 amide bonds. The number of methoxy groups -OCH3 is 1. The second-order valence-corrected chi connectivity index (χ2v) is 7.13. The molecule has 2 aromatic rings. The normalized spacial score (nSPS) is 16.4. The Morgan fingerprint density at radius 1 is 1.23 bits per heavy atom. The van der Waals surface area contributed by atoms with Crippen molar-refractivity contribution in [1.82, 2.24) is 10.2 Å². The number of ether oxygens (including phenoxy) is 1. The molecule has 1 unspecified atom stereocenters. The number of amides is 2. The van der Waals surface area contributed by atoms with Crippen molar-refractivity contribution in [2.45, 2.75) is 18.9 Å². The summed E-state index contributed by atoms with van der Waals surface area (Å²) in [6, 6.07) is 14.9. The van der Waals surface area contributed by atoms with Gasteiger partial charge in [-0.05, 0) is 54.8 Å². The van der Waals surface area contributed by atoms with Crippen molar-refractivity contribution in [1.29, 1.82) is 0 Å². The van der Waals surface area contributed by atoms with Crippen molar-refractivity contribution in [3.8, 4) is 5.75 Å². The minimum absolute atomic E-state index is 0.00460. The number of hydrogen-bond donors (Lipinski definition) is 1. The predicted octanol–water partition coefficient (Wildman–Crippen LogP) is 3.55. The Hall–Kier alpha value is -2.34. The Balaban J connectivity index is 1.63. The van der Waals surface area contributed by atoms with Gasteiger partial charge >= 0.3 is 0 Å². The molecular formula is C20H21BrN2O3. The van der Waals surface area contributed by atoms with E-state index in [-0.39, 0.29) is 24.4 Å². The van der Waals surface area contributed by atoms with Gasteiger partial charge in [-0.1, -0.05) is 28.1 Å². The van der Waals surface area contributed by atoms with Gasteiger partial charge in [-0.15, -0.1) is 0 Å². The first-order chi connectivity index (χ1) is 12.6. The van der Waals surface area contributed by atoms with Crippen LogP contribution in [0.25, 0.3) is 0 Å². The van der Waals surface area contributed by atoms with Gasteiger partial charge in [0.15, 0.2) is 0 Å². The second kappa shape index (κ2) is 8.36. The van der Waals surface area contributed by atoms with Crippen LogP contribution in [0.4, 0.5) is 0 Å². The van der Waals surface area contributed by atoms with Crippen molar-refractivity contribution < 1.29 is 14.3 Å². The lowest BCUT2D eigenvalue weighted by Gasteiger charge is -2.25. The molecule has 0 aliphatic carbocycles. The molecule has 1 fully saturated rings. The molecular weight excluding hydrogens is 396 g/mol. The maximum Gasteiger partial charge on any atom is 0.251 e. The van der Waals surface area contributed by atoms with Crippen LogP contribution in [-0.2, 0) is 4.79 Å². The Kier molecular flexibility index (Phi) is 5.93. The summed E-state index contributed by atoms with van der Waals surface area (Å²) >= 11 is 3.34. The van der Waals surface area contributed by atoms with Crippen LogP contribution in [0, 0.1) is 0 Å². The lowest BCUT2D eigenvalue weighted by molar-refractivity contribution is -0.131. The quantitative estimate of drug-likeness (QED) is 0.810. The molecule has 0 spiro atoms.